The fourth-order valence-electron chi connectivity index (χ4n) is 2.97. The highest BCUT2D eigenvalue weighted by atomic mass is 35.5. The van der Waals surface area contributed by atoms with E-state index >= 15 is 0 Å². The van der Waals surface area contributed by atoms with Crippen molar-refractivity contribution in [1.82, 2.24) is 9.55 Å². The predicted octanol–water partition coefficient (Wildman–Crippen LogP) is 4.26. The van der Waals surface area contributed by atoms with Crippen molar-refractivity contribution < 1.29 is 0 Å². The molecule has 4 heteroatoms. The van der Waals surface area contributed by atoms with Crippen molar-refractivity contribution in [3.05, 3.63) is 29.0 Å². The average molecular weight is 308 g/mol. The summed E-state index contributed by atoms with van der Waals surface area (Å²) in [4.78, 5) is 4.81. The van der Waals surface area contributed by atoms with Gasteiger partial charge in [0.05, 0.1) is 11.0 Å². The molecule has 0 bridgehead atoms. The highest BCUT2D eigenvalue weighted by Gasteiger charge is 2.16. The fraction of sp³-hybridized carbons (Fsp3) is 0.588. The third-order valence-corrected chi connectivity index (χ3v) is 4.08. The predicted molar refractivity (Wildman–Crippen MR) is 90.7 cm³/mol. The Bertz CT molecular complexity index is 589. The first-order valence-electron chi connectivity index (χ1n) is 7.89. The van der Waals surface area contributed by atoms with Crippen LogP contribution >= 0.6 is 11.6 Å². The summed E-state index contributed by atoms with van der Waals surface area (Å²) >= 11 is 6.09. The summed E-state index contributed by atoms with van der Waals surface area (Å²) in [6.07, 6.45) is 3.19. The van der Waals surface area contributed by atoms with Crippen LogP contribution in [0.2, 0.25) is 5.02 Å². The normalized spacial score (nSPS) is 13.2. The Hall–Kier alpha value is -1.06. The standard InChI is InChI=1S/C17H26ClN3/c1-4-7-21-16-6-5-14(18)10-15(16)20-17(21)9-13(11-19)8-12(2)3/h5-6,10,12-13H,4,7-9,11,19H2,1-3H3. The number of nitrogens with zero attached hydrogens (tertiary/aromatic N) is 2. The third-order valence-electron chi connectivity index (χ3n) is 3.85. The van der Waals surface area contributed by atoms with Crippen molar-refractivity contribution >= 4 is 22.6 Å². The summed E-state index contributed by atoms with van der Waals surface area (Å²) in [6.45, 7) is 8.40. The monoisotopic (exact) mass is 307 g/mol. The second-order valence-corrected chi connectivity index (χ2v) is 6.68. The smallest absolute Gasteiger partial charge is 0.110 e. The zero-order chi connectivity index (χ0) is 15.4. The van der Waals surface area contributed by atoms with Crippen LogP contribution in [0.1, 0.15) is 39.4 Å². The second-order valence-electron chi connectivity index (χ2n) is 6.25. The zero-order valence-corrected chi connectivity index (χ0v) is 14.0. The SMILES string of the molecule is CCCn1c(CC(CN)CC(C)C)nc2cc(Cl)ccc21. The molecule has 0 fully saturated rings. The molecule has 0 aliphatic carbocycles. The summed E-state index contributed by atoms with van der Waals surface area (Å²) in [7, 11) is 0. The number of imidazole rings is 1. The molecule has 2 aromatic rings. The number of hydrogen-bond donors (Lipinski definition) is 1. The van der Waals surface area contributed by atoms with Gasteiger partial charge in [-0.3, -0.25) is 0 Å². The molecule has 116 valence electrons. The van der Waals surface area contributed by atoms with E-state index in [1.54, 1.807) is 0 Å². The quantitative estimate of drug-likeness (QED) is 0.830. The number of aromatic nitrogens is 2. The molecule has 0 amide bonds. The first-order chi connectivity index (χ1) is 10.0. The van der Waals surface area contributed by atoms with Gasteiger partial charge in [-0.1, -0.05) is 32.4 Å². The van der Waals surface area contributed by atoms with Crippen molar-refractivity contribution in [2.45, 2.75) is 46.6 Å². The molecular weight excluding hydrogens is 282 g/mol. The van der Waals surface area contributed by atoms with Crippen molar-refractivity contribution in [3.63, 3.8) is 0 Å². The van der Waals surface area contributed by atoms with Gasteiger partial charge in [0.25, 0.3) is 0 Å². The summed E-state index contributed by atoms with van der Waals surface area (Å²) in [6, 6.07) is 5.96. The largest absolute Gasteiger partial charge is 0.330 e. The van der Waals surface area contributed by atoms with Crippen LogP contribution in [0, 0.1) is 11.8 Å². The van der Waals surface area contributed by atoms with E-state index in [9.17, 15) is 0 Å². The lowest BCUT2D eigenvalue weighted by atomic mass is 9.94. The van der Waals surface area contributed by atoms with Gasteiger partial charge in [0, 0.05) is 18.0 Å². The number of benzene rings is 1. The molecule has 0 radical (unpaired) electrons. The van der Waals surface area contributed by atoms with E-state index in [1.165, 1.54) is 5.52 Å². The lowest BCUT2D eigenvalue weighted by Gasteiger charge is -2.17. The molecule has 0 aliphatic rings. The Morgan fingerprint density at radius 2 is 2.10 bits per heavy atom. The van der Waals surface area contributed by atoms with Crippen LogP contribution in [0.25, 0.3) is 11.0 Å². The van der Waals surface area contributed by atoms with Gasteiger partial charge >= 0.3 is 0 Å². The van der Waals surface area contributed by atoms with Crippen LogP contribution in [-0.4, -0.2) is 16.1 Å². The fourth-order valence-corrected chi connectivity index (χ4v) is 3.14. The molecule has 1 aromatic carbocycles. The van der Waals surface area contributed by atoms with E-state index in [2.05, 4.69) is 31.4 Å². The highest BCUT2D eigenvalue weighted by Crippen LogP contribution is 2.24. The van der Waals surface area contributed by atoms with Crippen LogP contribution < -0.4 is 5.73 Å². The summed E-state index contributed by atoms with van der Waals surface area (Å²) < 4.78 is 2.33. The molecule has 3 nitrogen and oxygen atoms in total. The van der Waals surface area contributed by atoms with E-state index in [0.29, 0.717) is 18.4 Å². The van der Waals surface area contributed by atoms with Gasteiger partial charge in [0.1, 0.15) is 5.82 Å². The Morgan fingerprint density at radius 3 is 2.71 bits per heavy atom. The highest BCUT2D eigenvalue weighted by molar-refractivity contribution is 6.31. The molecule has 1 unspecified atom stereocenters. The minimum absolute atomic E-state index is 0.493. The molecule has 1 aromatic heterocycles. The van der Waals surface area contributed by atoms with E-state index in [4.69, 9.17) is 22.3 Å². The van der Waals surface area contributed by atoms with Gasteiger partial charge in [-0.15, -0.1) is 0 Å². The second kappa shape index (κ2) is 7.28. The van der Waals surface area contributed by atoms with Crippen molar-refractivity contribution in [2.75, 3.05) is 6.54 Å². The Balaban J connectivity index is 2.34. The number of rotatable bonds is 7. The average Bonchev–Trinajstić information content (AvgIpc) is 2.75. The maximum Gasteiger partial charge on any atom is 0.110 e. The van der Waals surface area contributed by atoms with Gasteiger partial charge in [-0.05, 0) is 49.4 Å². The van der Waals surface area contributed by atoms with Crippen LogP contribution in [0.5, 0.6) is 0 Å². The van der Waals surface area contributed by atoms with Gasteiger partial charge in [0.2, 0.25) is 0 Å². The van der Waals surface area contributed by atoms with Gasteiger partial charge in [-0.25, -0.2) is 4.98 Å². The molecule has 0 spiro atoms. The Morgan fingerprint density at radius 1 is 1.33 bits per heavy atom. The van der Waals surface area contributed by atoms with E-state index in [0.717, 1.165) is 42.2 Å². The van der Waals surface area contributed by atoms with Gasteiger partial charge < -0.3 is 10.3 Å². The van der Waals surface area contributed by atoms with E-state index in [1.807, 2.05) is 12.1 Å². The lowest BCUT2D eigenvalue weighted by Crippen LogP contribution is -2.21. The molecule has 0 saturated heterocycles. The Kier molecular flexibility index (Phi) is 5.65. The van der Waals surface area contributed by atoms with Gasteiger partial charge in [0.15, 0.2) is 0 Å². The van der Waals surface area contributed by atoms with Crippen LogP contribution in [-0.2, 0) is 13.0 Å². The molecule has 2 rings (SSSR count). The third kappa shape index (κ3) is 3.98. The van der Waals surface area contributed by atoms with E-state index in [-0.39, 0.29) is 0 Å². The van der Waals surface area contributed by atoms with Crippen LogP contribution in [0.4, 0.5) is 0 Å². The first-order valence-corrected chi connectivity index (χ1v) is 8.27. The lowest BCUT2D eigenvalue weighted by molar-refractivity contribution is 0.403. The van der Waals surface area contributed by atoms with E-state index < -0.39 is 0 Å². The van der Waals surface area contributed by atoms with Crippen LogP contribution in [0.3, 0.4) is 0 Å². The minimum atomic E-state index is 0.493. The number of fused-ring (bicyclic) bond motifs is 1. The summed E-state index contributed by atoms with van der Waals surface area (Å²) in [5.41, 5.74) is 8.12. The topological polar surface area (TPSA) is 43.8 Å². The first kappa shape index (κ1) is 16.3. The van der Waals surface area contributed by atoms with Gasteiger partial charge in [-0.2, -0.15) is 0 Å². The molecular formula is C17H26ClN3. The van der Waals surface area contributed by atoms with Crippen molar-refractivity contribution in [3.8, 4) is 0 Å². The number of halogens is 1. The van der Waals surface area contributed by atoms with Crippen molar-refractivity contribution in [1.29, 1.82) is 0 Å². The molecule has 2 N–H and O–H groups in total. The number of nitrogens with two attached hydrogens (primary N) is 1. The van der Waals surface area contributed by atoms with Crippen LogP contribution in [0.15, 0.2) is 18.2 Å². The molecule has 0 saturated carbocycles. The molecule has 21 heavy (non-hydrogen) atoms. The summed E-state index contributed by atoms with van der Waals surface area (Å²) in [5.74, 6) is 2.30. The maximum absolute atomic E-state index is 6.09. The Labute approximate surface area is 132 Å². The molecule has 1 heterocycles. The summed E-state index contributed by atoms with van der Waals surface area (Å²) in [5, 5.41) is 0.743. The molecule has 1 atom stereocenters. The maximum atomic E-state index is 6.09. The minimum Gasteiger partial charge on any atom is -0.330 e. The molecule has 0 aliphatic heterocycles. The van der Waals surface area contributed by atoms with Crippen molar-refractivity contribution in [2.24, 2.45) is 17.6 Å². The number of aryl methyl sites for hydroxylation is 1. The zero-order valence-electron chi connectivity index (χ0n) is 13.3. The number of hydrogen-bond acceptors (Lipinski definition) is 2.